The Morgan fingerprint density at radius 1 is 1.26 bits per heavy atom. The molecule has 6 heteroatoms. The smallest absolute Gasteiger partial charge is 0.271 e. The number of non-ortho nitro benzene ring substituents is 1. The van der Waals surface area contributed by atoms with E-state index in [0.717, 1.165) is 21.0 Å². The number of nitrogens with zero attached hydrogens (tertiary/aromatic N) is 2. The lowest BCUT2D eigenvalue weighted by molar-refractivity contribution is -0.384. The molecule has 0 unspecified atom stereocenters. The maximum absolute atomic E-state index is 10.8. The maximum Gasteiger partial charge on any atom is 0.271 e. The van der Waals surface area contributed by atoms with Crippen molar-refractivity contribution in [3.05, 3.63) is 63.1 Å². The highest BCUT2D eigenvalue weighted by molar-refractivity contribution is 7.19. The van der Waals surface area contributed by atoms with Crippen LogP contribution in [-0.4, -0.2) is 16.5 Å². The number of aromatic nitrogens is 1. The van der Waals surface area contributed by atoms with Gasteiger partial charge in [-0.1, -0.05) is 18.2 Å². The van der Waals surface area contributed by atoms with Crippen molar-refractivity contribution in [2.75, 3.05) is 6.61 Å². The first-order valence-electron chi connectivity index (χ1n) is 7.12. The van der Waals surface area contributed by atoms with Crippen molar-refractivity contribution in [3.8, 4) is 5.75 Å². The van der Waals surface area contributed by atoms with Crippen molar-refractivity contribution < 1.29 is 9.66 Å². The molecule has 2 aromatic carbocycles. The van der Waals surface area contributed by atoms with E-state index in [4.69, 9.17) is 4.74 Å². The third-order valence-electron chi connectivity index (χ3n) is 3.22. The fraction of sp³-hybridized carbons (Fsp3) is 0.118. The minimum Gasteiger partial charge on any atom is -0.493 e. The van der Waals surface area contributed by atoms with Crippen molar-refractivity contribution in [2.45, 2.75) is 6.92 Å². The number of nitro groups is 1. The van der Waals surface area contributed by atoms with E-state index >= 15 is 0 Å². The van der Waals surface area contributed by atoms with Gasteiger partial charge in [-0.05, 0) is 31.2 Å². The van der Waals surface area contributed by atoms with Crippen LogP contribution >= 0.6 is 11.3 Å². The summed E-state index contributed by atoms with van der Waals surface area (Å²) in [5.74, 6) is 0.822. The van der Waals surface area contributed by atoms with E-state index in [0.29, 0.717) is 12.1 Å². The number of fused-ring (bicyclic) bond motifs is 1. The second-order valence-corrected chi connectivity index (χ2v) is 5.83. The number of para-hydroxylation sites is 1. The summed E-state index contributed by atoms with van der Waals surface area (Å²) in [6.07, 6.45) is 3.84. The zero-order valence-electron chi connectivity index (χ0n) is 12.4. The quantitative estimate of drug-likeness (QED) is 0.500. The number of hydrogen-bond donors (Lipinski definition) is 0. The lowest BCUT2D eigenvalue weighted by Gasteiger charge is -2.05. The molecule has 0 saturated carbocycles. The van der Waals surface area contributed by atoms with Crippen molar-refractivity contribution >= 4 is 39.4 Å². The molecule has 0 spiro atoms. The van der Waals surface area contributed by atoms with Crippen LogP contribution in [0.4, 0.5) is 5.69 Å². The molecule has 0 atom stereocenters. The summed E-state index contributed by atoms with van der Waals surface area (Å²) >= 11 is 1.49. The molecule has 23 heavy (non-hydrogen) atoms. The first-order valence-corrected chi connectivity index (χ1v) is 7.94. The molecule has 0 N–H and O–H groups in total. The molecule has 5 nitrogen and oxygen atoms in total. The Kier molecular flexibility index (Phi) is 4.34. The second-order valence-electron chi connectivity index (χ2n) is 4.77. The average molecular weight is 326 g/mol. The zero-order valence-corrected chi connectivity index (χ0v) is 13.2. The maximum atomic E-state index is 10.8. The SMILES string of the molecule is CCOc1ccccc1/C=C/c1nc2cc([N+](=O)[O-])ccc2s1. The molecule has 0 aliphatic rings. The fourth-order valence-corrected chi connectivity index (χ4v) is 3.04. The van der Waals surface area contributed by atoms with Crippen LogP contribution in [0.3, 0.4) is 0 Å². The summed E-state index contributed by atoms with van der Waals surface area (Å²) < 4.78 is 6.51. The Labute approximate surface area is 137 Å². The standard InChI is InChI=1S/C17H14N2O3S/c1-2-22-15-6-4-3-5-12(15)7-10-17-18-14-11-13(19(20)21)8-9-16(14)23-17/h3-11H,2H2,1H3/b10-7+. The normalized spacial score (nSPS) is 11.2. The van der Waals surface area contributed by atoms with Gasteiger partial charge in [-0.2, -0.15) is 0 Å². The molecule has 0 fully saturated rings. The predicted molar refractivity (Wildman–Crippen MR) is 92.8 cm³/mol. The first-order chi connectivity index (χ1) is 11.2. The van der Waals surface area contributed by atoms with E-state index in [-0.39, 0.29) is 5.69 Å². The van der Waals surface area contributed by atoms with Crippen LogP contribution in [0.1, 0.15) is 17.5 Å². The Hall–Kier alpha value is -2.73. The highest BCUT2D eigenvalue weighted by Crippen LogP contribution is 2.28. The number of benzene rings is 2. The lowest BCUT2D eigenvalue weighted by atomic mass is 10.2. The number of nitro benzene ring substituents is 1. The topological polar surface area (TPSA) is 65.3 Å². The lowest BCUT2D eigenvalue weighted by Crippen LogP contribution is -1.92. The Bertz CT molecular complexity index is 886. The van der Waals surface area contributed by atoms with Gasteiger partial charge in [0.1, 0.15) is 10.8 Å². The van der Waals surface area contributed by atoms with Gasteiger partial charge in [-0.25, -0.2) is 4.98 Å². The molecule has 0 radical (unpaired) electrons. The summed E-state index contributed by atoms with van der Waals surface area (Å²) in [6, 6.07) is 12.5. The van der Waals surface area contributed by atoms with Crippen LogP contribution < -0.4 is 4.74 Å². The average Bonchev–Trinajstić information content (AvgIpc) is 2.96. The van der Waals surface area contributed by atoms with Gasteiger partial charge in [0.2, 0.25) is 0 Å². The van der Waals surface area contributed by atoms with E-state index in [1.54, 1.807) is 6.07 Å². The van der Waals surface area contributed by atoms with Crippen molar-refractivity contribution in [3.63, 3.8) is 0 Å². The van der Waals surface area contributed by atoms with Crippen LogP contribution in [0.25, 0.3) is 22.4 Å². The van der Waals surface area contributed by atoms with Crippen molar-refractivity contribution in [2.24, 2.45) is 0 Å². The number of rotatable bonds is 5. The Morgan fingerprint density at radius 2 is 2.09 bits per heavy atom. The fourth-order valence-electron chi connectivity index (χ4n) is 2.18. The molecule has 116 valence electrons. The molecule has 0 amide bonds. The minimum absolute atomic E-state index is 0.0556. The number of hydrogen-bond acceptors (Lipinski definition) is 5. The van der Waals surface area contributed by atoms with Crippen LogP contribution in [0, 0.1) is 10.1 Å². The summed E-state index contributed by atoms with van der Waals surface area (Å²) in [6.45, 7) is 2.55. The largest absolute Gasteiger partial charge is 0.493 e. The van der Waals surface area contributed by atoms with Gasteiger partial charge < -0.3 is 4.74 Å². The molecular weight excluding hydrogens is 312 g/mol. The van der Waals surface area contributed by atoms with Crippen molar-refractivity contribution in [1.82, 2.24) is 4.98 Å². The zero-order chi connectivity index (χ0) is 16.2. The van der Waals surface area contributed by atoms with Gasteiger partial charge in [0.05, 0.1) is 21.7 Å². The number of ether oxygens (including phenoxy) is 1. The van der Waals surface area contributed by atoms with Crippen LogP contribution in [0.15, 0.2) is 42.5 Å². The van der Waals surface area contributed by atoms with Gasteiger partial charge in [-0.15, -0.1) is 11.3 Å². The van der Waals surface area contributed by atoms with E-state index in [9.17, 15) is 10.1 Å². The molecule has 3 rings (SSSR count). The molecule has 3 aromatic rings. The molecular formula is C17H14N2O3S. The third kappa shape index (κ3) is 3.37. The molecule has 1 aromatic heterocycles. The highest BCUT2D eigenvalue weighted by atomic mass is 32.1. The molecule has 0 aliphatic heterocycles. The first kappa shape index (κ1) is 15.2. The third-order valence-corrected chi connectivity index (χ3v) is 4.22. The second kappa shape index (κ2) is 6.58. The number of thiazole rings is 1. The van der Waals surface area contributed by atoms with Crippen LogP contribution in [-0.2, 0) is 0 Å². The molecule has 1 heterocycles. The monoisotopic (exact) mass is 326 g/mol. The van der Waals surface area contributed by atoms with Crippen molar-refractivity contribution in [1.29, 1.82) is 0 Å². The Balaban J connectivity index is 1.91. The van der Waals surface area contributed by atoms with Gasteiger partial charge in [-0.3, -0.25) is 10.1 Å². The molecule has 0 saturated heterocycles. The van der Waals surface area contributed by atoms with Gasteiger partial charge in [0.25, 0.3) is 5.69 Å². The summed E-state index contributed by atoms with van der Waals surface area (Å²) in [5.41, 5.74) is 1.67. The van der Waals surface area contributed by atoms with Crippen LogP contribution in [0.2, 0.25) is 0 Å². The predicted octanol–water partition coefficient (Wildman–Crippen LogP) is 4.77. The Morgan fingerprint density at radius 3 is 2.87 bits per heavy atom. The van der Waals surface area contributed by atoms with E-state index < -0.39 is 4.92 Å². The van der Waals surface area contributed by atoms with Gasteiger partial charge in [0.15, 0.2) is 0 Å². The van der Waals surface area contributed by atoms with E-state index in [1.807, 2.05) is 43.3 Å². The van der Waals surface area contributed by atoms with Crippen LogP contribution in [0.5, 0.6) is 5.75 Å². The summed E-state index contributed by atoms with van der Waals surface area (Å²) in [5, 5.41) is 11.6. The van der Waals surface area contributed by atoms with Gasteiger partial charge in [0, 0.05) is 17.7 Å². The molecule has 0 aliphatic carbocycles. The van der Waals surface area contributed by atoms with E-state index in [2.05, 4.69) is 4.98 Å². The van der Waals surface area contributed by atoms with E-state index in [1.165, 1.54) is 23.5 Å². The summed E-state index contributed by atoms with van der Waals surface area (Å²) in [7, 11) is 0. The molecule has 0 bridgehead atoms. The summed E-state index contributed by atoms with van der Waals surface area (Å²) in [4.78, 5) is 14.8. The van der Waals surface area contributed by atoms with Gasteiger partial charge >= 0.3 is 0 Å². The highest BCUT2D eigenvalue weighted by Gasteiger charge is 2.09. The minimum atomic E-state index is -0.410.